The summed E-state index contributed by atoms with van der Waals surface area (Å²) >= 11 is 0. The van der Waals surface area contributed by atoms with Crippen molar-refractivity contribution >= 4 is 0 Å². The Morgan fingerprint density at radius 2 is 1.94 bits per heavy atom. The number of hydrogen-bond donors (Lipinski definition) is 1. The van der Waals surface area contributed by atoms with Crippen LogP contribution in [0.25, 0.3) is 0 Å². The number of nitrogens with one attached hydrogen (secondary N) is 1. The SMILES string of the molecule is Fc1c(CN2CCNCC2)ccc2c1OCCO2. The topological polar surface area (TPSA) is 33.7 Å². The fourth-order valence-electron chi connectivity index (χ4n) is 2.35. The number of hydrogen-bond acceptors (Lipinski definition) is 4. The molecular weight excluding hydrogens is 235 g/mol. The van der Waals surface area contributed by atoms with Crippen LogP contribution in [0.4, 0.5) is 4.39 Å². The third-order valence-electron chi connectivity index (χ3n) is 3.33. The van der Waals surface area contributed by atoms with Gasteiger partial charge in [0.15, 0.2) is 17.3 Å². The van der Waals surface area contributed by atoms with Gasteiger partial charge in [-0.2, -0.15) is 0 Å². The van der Waals surface area contributed by atoms with Gasteiger partial charge in [-0.1, -0.05) is 6.07 Å². The van der Waals surface area contributed by atoms with E-state index in [9.17, 15) is 4.39 Å². The molecule has 2 heterocycles. The number of ether oxygens (including phenoxy) is 2. The predicted octanol–water partition coefficient (Wildman–Crippen LogP) is 1.00. The zero-order valence-electron chi connectivity index (χ0n) is 10.2. The standard InChI is InChI=1S/C13H17FN2O2/c14-12-10(9-16-5-3-15-4-6-16)1-2-11-13(12)18-8-7-17-11/h1-2,15H,3-9H2. The van der Waals surface area contributed by atoms with E-state index in [-0.39, 0.29) is 11.6 Å². The van der Waals surface area contributed by atoms with Crippen molar-refractivity contribution in [2.24, 2.45) is 0 Å². The number of fused-ring (bicyclic) bond motifs is 1. The Morgan fingerprint density at radius 3 is 2.78 bits per heavy atom. The van der Waals surface area contributed by atoms with E-state index < -0.39 is 0 Å². The summed E-state index contributed by atoms with van der Waals surface area (Å²) in [5.41, 5.74) is 0.682. The van der Waals surface area contributed by atoms with Crippen molar-refractivity contribution in [3.8, 4) is 11.5 Å². The summed E-state index contributed by atoms with van der Waals surface area (Å²) in [6.07, 6.45) is 0. The van der Waals surface area contributed by atoms with Gasteiger partial charge in [0.05, 0.1) is 0 Å². The van der Waals surface area contributed by atoms with Crippen molar-refractivity contribution in [3.05, 3.63) is 23.5 Å². The Morgan fingerprint density at radius 1 is 1.17 bits per heavy atom. The maximum absolute atomic E-state index is 14.3. The second-order valence-corrected chi connectivity index (χ2v) is 4.59. The Balaban J connectivity index is 1.79. The highest BCUT2D eigenvalue weighted by molar-refractivity contribution is 5.45. The van der Waals surface area contributed by atoms with Gasteiger partial charge >= 0.3 is 0 Å². The lowest BCUT2D eigenvalue weighted by Crippen LogP contribution is -2.43. The van der Waals surface area contributed by atoms with Gasteiger partial charge in [-0.3, -0.25) is 4.90 Å². The summed E-state index contributed by atoms with van der Waals surface area (Å²) in [5, 5.41) is 3.28. The number of rotatable bonds is 2. The van der Waals surface area contributed by atoms with Gasteiger partial charge in [0, 0.05) is 38.3 Å². The van der Waals surface area contributed by atoms with Crippen molar-refractivity contribution in [1.82, 2.24) is 10.2 Å². The maximum atomic E-state index is 14.3. The monoisotopic (exact) mass is 252 g/mol. The average Bonchev–Trinajstić information content (AvgIpc) is 2.43. The fraction of sp³-hybridized carbons (Fsp3) is 0.538. The highest BCUT2D eigenvalue weighted by atomic mass is 19.1. The van der Waals surface area contributed by atoms with E-state index in [1.807, 2.05) is 0 Å². The zero-order valence-corrected chi connectivity index (χ0v) is 10.2. The van der Waals surface area contributed by atoms with Crippen molar-refractivity contribution in [2.75, 3.05) is 39.4 Å². The largest absolute Gasteiger partial charge is 0.486 e. The molecule has 4 nitrogen and oxygen atoms in total. The van der Waals surface area contributed by atoms with Crippen LogP contribution in [-0.2, 0) is 6.54 Å². The normalized spacial score (nSPS) is 19.8. The van der Waals surface area contributed by atoms with Crippen LogP contribution in [0.5, 0.6) is 11.5 Å². The molecular formula is C13H17FN2O2. The number of piperazine rings is 1. The molecule has 1 fully saturated rings. The third-order valence-corrected chi connectivity index (χ3v) is 3.33. The first-order valence-corrected chi connectivity index (χ1v) is 6.34. The minimum Gasteiger partial charge on any atom is -0.486 e. The van der Waals surface area contributed by atoms with Crippen molar-refractivity contribution in [3.63, 3.8) is 0 Å². The Kier molecular flexibility index (Phi) is 3.34. The molecule has 0 amide bonds. The lowest BCUT2D eigenvalue weighted by atomic mass is 10.1. The quantitative estimate of drug-likeness (QED) is 0.851. The Hall–Kier alpha value is -1.33. The van der Waals surface area contributed by atoms with E-state index in [0.29, 0.717) is 31.1 Å². The van der Waals surface area contributed by atoms with Gasteiger partial charge in [0.2, 0.25) is 0 Å². The van der Waals surface area contributed by atoms with Gasteiger partial charge in [-0.15, -0.1) is 0 Å². The Bertz CT molecular complexity index is 433. The van der Waals surface area contributed by atoms with Crippen LogP contribution < -0.4 is 14.8 Å². The molecule has 0 unspecified atom stereocenters. The van der Waals surface area contributed by atoms with E-state index in [4.69, 9.17) is 9.47 Å². The van der Waals surface area contributed by atoms with Crippen LogP contribution in [0, 0.1) is 5.82 Å². The minimum atomic E-state index is -0.272. The molecule has 0 saturated carbocycles. The third kappa shape index (κ3) is 2.28. The smallest absolute Gasteiger partial charge is 0.197 e. The molecule has 98 valence electrons. The first-order valence-electron chi connectivity index (χ1n) is 6.34. The molecule has 1 N–H and O–H groups in total. The first-order chi connectivity index (χ1) is 8.84. The van der Waals surface area contributed by atoms with Crippen molar-refractivity contribution in [2.45, 2.75) is 6.54 Å². The molecule has 2 aliphatic rings. The summed E-state index contributed by atoms with van der Waals surface area (Å²) in [7, 11) is 0. The molecule has 1 aromatic rings. The van der Waals surface area contributed by atoms with Crippen LogP contribution >= 0.6 is 0 Å². The zero-order chi connectivity index (χ0) is 12.4. The number of halogens is 1. The molecule has 0 atom stereocenters. The molecule has 2 aliphatic heterocycles. The maximum Gasteiger partial charge on any atom is 0.197 e. The second-order valence-electron chi connectivity index (χ2n) is 4.59. The number of nitrogens with zero attached hydrogens (tertiary/aromatic N) is 1. The van der Waals surface area contributed by atoms with Gasteiger partial charge < -0.3 is 14.8 Å². The highest BCUT2D eigenvalue weighted by Gasteiger charge is 2.21. The molecule has 5 heteroatoms. The Labute approximate surface area is 106 Å². The second kappa shape index (κ2) is 5.12. The molecule has 1 aromatic carbocycles. The van der Waals surface area contributed by atoms with E-state index in [1.165, 1.54) is 0 Å². The molecule has 0 bridgehead atoms. The van der Waals surface area contributed by atoms with Gasteiger partial charge in [-0.05, 0) is 6.07 Å². The average molecular weight is 252 g/mol. The summed E-state index contributed by atoms with van der Waals surface area (Å²) in [6, 6.07) is 3.60. The van der Waals surface area contributed by atoms with Gasteiger partial charge in [-0.25, -0.2) is 4.39 Å². The molecule has 0 aliphatic carbocycles. The van der Waals surface area contributed by atoms with Crippen LogP contribution in [0.2, 0.25) is 0 Å². The van der Waals surface area contributed by atoms with Crippen LogP contribution in [-0.4, -0.2) is 44.3 Å². The van der Waals surface area contributed by atoms with E-state index >= 15 is 0 Å². The summed E-state index contributed by atoms with van der Waals surface area (Å²) < 4.78 is 25.0. The molecule has 1 saturated heterocycles. The lowest BCUT2D eigenvalue weighted by Gasteiger charge is -2.28. The summed E-state index contributed by atoms with van der Waals surface area (Å²) in [6.45, 7) is 5.37. The molecule has 0 aromatic heterocycles. The fourth-order valence-corrected chi connectivity index (χ4v) is 2.35. The van der Waals surface area contributed by atoms with Crippen LogP contribution in [0.1, 0.15) is 5.56 Å². The minimum absolute atomic E-state index is 0.272. The van der Waals surface area contributed by atoms with Crippen molar-refractivity contribution < 1.29 is 13.9 Å². The van der Waals surface area contributed by atoms with Crippen LogP contribution in [0.3, 0.4) is 0 Å². The lowest BCUT2D eigenvalue weighted by molar-refractivity contribution is 0.162. The predicted molar refractivity (Wildman–Crippen MR) is 65.5 cm³/mol. The number of benzene rings is 1. The van der Waals surface area contributed by atoms with Gasteiger partial charge in [0.25, 0.3) is 0 Å². The highest BCUT2D eigenvalue weighted by Crippen LogP contribution is 2.34. The molecule has 3 rings (SSSR count). The van der Waals surface area contributed by atoms with Crippen molar-refractivity contribution in [1.29, 1.82) is 0 Å². The van der Waals surface area contributed by atoms with E-state index in [2.05, 4.69) is 10.2 Å². The molecule has 0 radical (unpaired) electrons. The molecule has 18 heavy (non-hydrogen) atoms. The summed E-state index contributed by atoms with van der Waals surface area (Å²) in [5.74, 6) is 0.516. The summed E-state index contributed by atoms with van der Waals surface area (Å²) in [4.78, 5) is 2.24. The molecule has 0 spiro atoms. The first kappa shape index (κ1) is 11.7. The van der Waals surface area contributed by atoms with E-state index in [1.54, 1.807) is 12.1 Å². The van der Waals surface area contributed by atoms with Gasteiger partial charge in [0.1, 0.15) is 13.2 Å². The van der Waals surface area contributed by atoms with Crippen LogP contribution in [0.15, 0.2) is 12.1 Å². The van der Waals surface area contributed by atoms with E-state index in [0.717, 1.165) is 26.2 Å².